The zero-order chi connectivity index (χ0) is 14.5. The summed E-state index contributed by atoms with van der Waals surface area (Å²) in [5, 5.41) is 13.3. The van der Waals surface area contributed by atoms with Gasteiger partial charge in [-0.25, -0.2) is 0 Å². The fraction of sp³-hybridized carbons (Fsp3) is 0.500. The molecule has 1 aliphatic rings. The van der Waals surface area contributed by atoms with Crippen molar-refractivity contribution in [1.29, 1.82) is 0 Å². The van der Waals surface area contributed by atoms with Crippen LogP contribution in [-0.4, -0.2) is 30.0 Å². The molecule has 1 fully saturated rings. The molecule has 2 rings (SSSR count). The van der Waals surface area contributed by atoms with E-state index >= 15 is 0 Å². The number of hydrogen-bond donors (Lipinski definition) is 2. The SMILES string of the molecule is C[C@@H]1CCCC[NH+]1CC(=O)Nc1ccc([N+](=O)[O-])cc1. The highest BCUT2D eigenvalue weighted by Gasteiger charge is 2.24. The highest BCUT2D eigenvalue weighted by Crippen LogP contribution is 2.15. The van der Waals surface area contributed by atoms with Crippen LogP contribution in [0.25, 0.3) is 0 Å². The number of anilines is 1. The Morgan fingerprint density at radius 1 is 1.40 bits per heavy atom. The van der Waals surface area contributed by atoms with E-state index in [0.717, 1.165) is 6.54 Å². The number of amides is 1. The van der Waals surface area contributed by atoms with Crippen molar-refractivity contribution in [2.24, 2.45) is 0 Å². The van der Waals surface area contributed by atoms with Gasteiger partial charge in [0.1, 0.15) is 0 Å². The average molecular weight is 278 g/mol. The lowest BCUT2D eigenvalue weighted by Gasteiger charge is -2.29. The summed E-state index contributed by atoms with van der Waals surface area (Å²) in [6.07, 6.45) is 3.58. The molecular weight excluding hydrogens is 258 g/mol. The number of hydrogen-bond acceptors (Lipinski definition) is 3. The van der Waals surface area contributed by atoms with Crippen LogP contribution in [0.15, 0.2) is 24.3 Å². The molecule has 1 aromatic carbocycles. The monoisotopic (exact) mass is 278 g/mol. The highest BCUT2D eigenvalue weighted by molar-refractivity contribution is 5.91. The number of non-ortho nitro benzene ring substituents is 1. The third kappa shape index (κ3) is 3.77. The Bertz CT molecular complexity index is 487. The molecule has 108 valence electrons. The van der Waals surface area contributed by atoms with Gasteiger partial charge in [-0.2, -0.15) is 0 Å². The molecule has 2 N–H and O–H groups in total. The van der Waals surface area contributed by atoms with E-state index in [0.29, 0.717) is 18.3 Å². The summed E-state index contributed by atoms with van der Waals surface area (Å²) < 4.78 is 0. The van der Waals surface area contributed by atoms with Crippen LogP contribution in [0.2, 0.25) is 0 Å². The van der Waals surface area contributed by atoms with Crippen LogP contribution in [0, 0.1) is 10.1 Å². The molecule has 0 radical (unpaired) electrons. The minimum Gasteiger partial charge on any atom is -0.325 e. The molecule has 20 heavy (non-hydrogen) atoms. The molecule has 0 bridgehead atoms. The molecule has 1 unspecified atom stereocenters. The lowest BCUT2D eigenvalue weighted by atomic mass is 10.0. The second-order valence-corrected chi connectivity index (χ2v) is 5.33. The molecule has 1 amide bonds. The van der Waals surface area contributed by atoms with E-state index in [2.05, 4.69) is 12.2 Å². The van der Waals surface area contributed by atoms with Gasteiger partial charge >= 0.3 is 0 Å². The standard InChI is InChI=1S/C14H19N3O3/c1-11-4-2-3-9-16(11)10-14(18)15-12-5-7-13(8-6-12)17(19)20/h5-8,11H,2-4,9-10H2,1H3,(H,15,18)/p+1/t11-/m1/s1. The summed E-state index contributed by atoms with van der Waals surface area (Å²) >= 11 is 0. The Kier molecular flexibility index (Phi) is 4.68. The number of nitro groups is 1. The summed E-state index contributed by atoms with van der Waals surface area (Å²) in [6.45, 7) is 3.67. The third-order valence-electron chi connectivity index (χ3n) is 3.83. The maximum absolute atomic E-state index is 12.0. The normalized spacial score (nSPS) is 22.2. The lowest BCUT2D eigenvalue weighted by Crippen LogP contribution is -3.17. The smallest absolute Gasteiger partial charge is 0.279 e. The molecule has 0 spiro atoms. The van der Waals surface area contributed by atoms with Crippen molar-refractivity contribution < 1.29 is 14.6 Å². The van der Waals surface area contributed by atoms with Gasteiger partial charge in [-0.1, -0.05) is 0 Å². The summed E-state index contributed by atoms with van der Waals surface area (Å²) in [5.41, 5.74) is 0.628. The minimum atomic E-state index is -0.453. The van der Waals surface area contributed by atoms with E-state index in [1.54, 1.807) is 12.1 Å². The first-order valence-electron chi connectivity index (χ1n) is 6.95. The number of piperidine rings is 1. The minimum absolute atomic E-state index is 0.0262. The molecule has 0 saturated carbocycles. The molecule has 2 atom stereocenters. The predicted octanol–water partition coefficient (Wildman–Crippen LogP) is 0.991. The number of nitrogens with one attached hydrogen (secondary N) is 2. The Hall–Kier alpha value is -1.95. The molecule has 1 aromatic rings. The molecule has 0 aliphatic carbocycles. The maximum atomic E-state index is 12.0. The van der Waals surface area contributed by atoms with Crippen molar-refractivity contribution in [1.82, 2.24) is 0 Å². The molecule has 1 saturated heterocycles. The van der Waals surface area contributed by atoms with Gasteiger partial charge in [0.2, 0.25) is 0 Å². The largest absolute Gasteiger partial charge is 0.325 e. The summed E-state index contributed by atoms with van der Waals surface area (Å²) in [4.78, 5) is 23.4. The molecular formula is C14H20N3O3+. The van der Waals surface area contributed by atoms with E-state index in [4.69, 9.17) is 0 Å². The zero-order valence-corrected chi connectivity index (χ0v) is 11.6. The van der Waals surface area contributed by atoms with E-state index in [1.165, 1.54) is 36.3 Å². The quantitative estimate of drug-likeness (QED) is 0.637. The van der Waals surface area contributed by atoms with Gasteiger partial charge in [-0.15, -0.1) is 0 Å². The van der Waals surface area contributed by atoms with Crippen molar-refractivity contribution in [3.05, 3.63) is 34.4 Å². The molecule has 6 nitrogen and oxygen atoms in total. The van der Waals surface area contributed by atoms with Crippen LogP contribution in [0.1, 0.15) is 26.2 Å². The molecule has 1 heterocycles. The van der Waals surface area contributed by atoms with Crippen molar-refractivity contribution in [2.45, 2.75) is 32.2 Å². The van der Waals surface area contributed by atoms with Crippen LogP contribution in [-0.2, 0) is 4.79 Å². The van der Waals surface area contributed by atoms with Gasteiger partial charge in [-0.3, -0.25) is 14.9 Å². The van der Waals surface area contributed by atoms with Gasteiger partial charge in [0.25, 0.3) is 11.6 Å². The number of carbonyl (C=O) groups is 1. The molecule has 0 aromatic heterocycles. The van der Waals surface area contributed by atoms with Crippen LogP contribution in [0.3, 0.4) is 0 Å². The number of rotatable bonds is 4. The van der Waals surface area contributed by atoms with Crippen molar-refractivity contribution in [2.75, 3.05) is 18.4 Å². The van der Waals surface area contributed by atoms with Gasteiger partial charge in [0, 0.05) is 17.8 Å². The Morgan fingerprint density at radius 2 is 2.10 bits per heavy atom. The van der Waals surface area contributed by atoms with Crippen LogP contribution in [0.5, 0.6) is 0 Å². The first-order valence-corrected chi connectivity index (χ1v) is 6.95. The topological polar surface area (TPSA) is 76.7 Å². The van der Waals surface area contributed by atoms with E-state index in [-0.39, 0.29) is 11.6 Å². The fourth-order valence-electron chi connectivity index (χ4n) is 2.59. The van der Waals surface area contributed by atoms with Gasteiger partial charge in [-0.05, 0) is 38.3 Å². The van der Waals surface area contributed by atoms with Crippen LogP contribution < -0.4 is 10.2 Å². The second-order valence-electron chi connectivity index (χ2n) is 5.33. The van der Waals surface area contributed by atoms with Crippen molar-refractivity contribution >= 4 is 17.3 Å². The van der Waals surface area contributed by atoms with Crippen LogP contribution >= 0.6 is 0 Å². The number of carbonyl (C=O) groups excluding carboxylic acids is 1. The first kappa shape index (κ1) is 14.5. The number of quaternary nitrogens is 1. The van der Waals surface area contributed by atoms with Gasteiger partial charge in [0.05, 0.1) is 17.5 Å². The molecule has 6 heteroatoms. The first-order chi connectivity index (χ1) is 9.56. The summed E-state index contributed by atoms with van der Waals surface area (Å²) in [7, 11) is 0. The van der Waals surface area contributed by atoms with Crippen molar-refractivity contribution in [3.63, 3.8) is 0 Å². The van der Waals surface area contributed by atoms with Crippen LogP contribution in [0.4, 0.5) is 11.4 Å². The van der Waals surface area contributed by atoms with Gasteiger partial charge < -0.3 is 10.2 Å². The van der Waals surface area contributed by atoms with E-state index in [1.807, 2.05) is 0 Å². The van der Waals surface area contributed by atoms with Gasteiger partial charge in [0.15, 0.2) is 6.54 Å². The maximum Gasteiger partial charge on any atom is 0.279 e. The average Bonchev–Trinajstić information content (AvgIpc) is 2.42. The number of likely N-dealkylation sites (tertiary alicyclic amines) is 1. The lowest BCUT2D eigenvalue weighted by molar-refractivity contribution is -0.920. The fourth-order valence-corrected chi connectivity index (χ4v) is 2.59. The summed E-state index contributed by atoms with van der Waals surface area (Å²) in [6, 6.07) is 6.43. The Labute approximate surface area is 117 Å². The number of benzene rings is 1. The molecule has 1 aliphatic heterocycles. The summed E-state index contributed by atoms with van der Waals surface area (Å²) in [5.74, 6) is -0.0393. The Morgan fingerprint density at radius 3 is 2.70 bits per heavy atom. The zero-order valence-electron chi connectivity index (χ0n) is 11.6. The van der Waals surface area contributed by atoms with Crippen molar-refractivity contribution in [3.8, 4) is 0 Å². The predicted molar refractivity (Wildman–Crippen MR) is 75.7 cm³/mol. The third-order valence-corrected chi connectivity index (χ3v) is 3.83. The number of nitrogens with zero attached hydrogens (tertiary/aromatic N) is 1. The van der Waals surface area contributed by atoms with E-state index in [9.17, 15) is 14.9 Å². The Balaban J connectivity index is 1.89. The van der Waals surface area contributed by atoms with E-state index < -0.39 is 4.92 Å². The highest BCUT2D eigenvalue weighted by atomic mass is 16.6. The number of nitro benzene ring substituents is 1. The second kappa shape index (κ2) is 6.47.